The second-order valence-electron chi connectivity index (χ2n) is 6.13. The maximum Gasteiger partial charge on any atom is 0.257 e. The molecule has 140 valence electrons. The Morgan fingerprint density at radius 1 is 1.11 bits per heavy atom. The third-order valence-corrected chi connectivity index (χ3v) is 5.32. The summed E-state index contributed by atoms with van der Waals surface area (Å²) >= 11 is 7.56. The highest BCUT2D eigenvalue weighted by atomic mass is 35.5. The van der Waals surface area contributed by atoms with Crippen molar-refractivity contribution in [2.75, 3.05) is 11.9 Å². The zero-order valence-corrected chi connectivity index (χ0v) is 16.7. The number of anilines is 1. The summed E-state index contributed by atoms with van der Waals surface area (Å²) in [6.45, 7) is 2.40. The molecule has 0 aliphatic rings. The molecule has 28 heavy (non-hydrogen) atoms. The van der Waals surface area contributed by atoms with Crippen molar-refractivity contribution in [2.45, 2.75) is 6.92 Å². The Labute approximate surface area is 171 Å². The van der Waals surface area contributed by atoms with Crippen LogP contribution in [0.2, 0.25) is 5.02 Å². The van der Waals surface area contributed by atoms with E-state index in [1.807, 2.05) is 30.5 Å². The van der Waals surface area contributed by atoms with Crippen LogP contribution < -0.4 is 10.1 Å². The van der Waals surface area contributed by atoms with E-state index in [1.165, 1.54) is 16.7 Å². The first-order valence-corrected chi connectivity index (χ1v) is 10.1. The van der Waals surface area contributed by atoms with Gasteiger partial charge < -0.3 is 4.74 Å². The maximum absolute atomic E-state index is 12.5. The molecule has 0 aliphatic heterocycles. The molecule has 4 aromatic rings. The standard InChI is InChI=1S/C22H17ClN2O2S/c1-2-27-20-10-9-17(12-18(20)23)21(26)25-22-24-19(13-28-22)16-8-7-14-5-3-4-6-15(14)11-16/h3-13H,2H2,1H3,(H,24,25,26). The Hall–Kier alpha value is -2.89. The highest BCUT2D eigenvalue weighted by molar-refractivity contribution is 7.14. The molecule has 0 atom stereocenters. The molecule has 0 spiro atoms. The van der Waals surface area contributed by atoms with Gasteiger partial charge in [0.2, 0.25) is 0 Å². The molecule has 0 aliphatic carbocycles. The molecule has 0 radical (unpaired) electrons. The molecule has 0 unspecified atom stereocenters. The smallest absolute Gasteiger partial charge is 0.257 e. The van der Waals surface area contributed by atoms with Crippen LogP contribution in [-0.4, -0.2) is 17.5 Å². The van der Waals surface area contributed by atoms with Gasteiger partial charge in [-0.25, -0.2) is 4.98 Å². The molecule has 1 heterocycles. The van der Waals surface area contributed by atoms with Crippen molar-refractivity contribution in [3.8, 4) is 17.0 Å². The van der Waals surface area contributed by atoms with Crippen LogP contribution in [0.1, 0.15) is 17.3 Å². The molecule has 3 aromatic carbocycles. The molecule has 4 nitrogen and oxygen atoms in total. The topological polar surface area (TPSA) is 51.2 Å². The number of fused-ring (bicyclic) bond motifs is 1. The van der Waals surface area contributed by atoms with Crippen LogP contribution in [0.15, 0.2) is 66.0 Å². The van der Waals surface area contributed by atoms with E-state index in [4.69, 9.17) is 16.3 Å². The van der Waals surface area contributed by atoms with Gasteiger partial charge >= 0.3 is 0 Å². The van der Waals surface area contributed by atoms with Gasteiger partial charge in [0.15, 0.2) is 5.13 Å². The molecule has 0 saturated heterocycles. The van der Waals surface area contributed by atoms with Gasteiger partial charge in [0, 0.05) is 16.5 Å². The number of thiazole rings is 1. The number of hydrogen-bond acceptors (Lipinski definition) is 4. The minimum atomic E-state index is -0.260. The molecule has 0 fully saturated rings. The second kappa shape index (κ2) is 8.00. The number of aromatic nitrogens is 1. The van der Waals surface area contributed by atoms with Gasteiger partial charge in [0.1, 0.15) is 5.75 Å². The summed E-state index contributed by atoms with van der Waals surface area (Å²) in [5.74, 6) is 0.304. The SMILES string of the molecule is CCOc1ccc(C(=O)Nc2nc(-c3ccc4ccccc4c3)cs2)cc1Cl. The van der Waals surface area contributed by atoms with Crippen LogP contribution in [0.4, 0.5) is 5.13 Å². The molecule has 0 bridgehead atoms. The molecule has 0 saturated carbocycles. The minimum Gasteiger partial charge on any atom is -0.492 e. The zero-order valence-electron chi connectivity index (χ0n) is 15.1. The van der Waals surface area contributed by atoms with Gasteiger partial charge in [0.05, 0.1) is 17.3 Å². The summed E-state index contributed by atoms with van der Waals surface area (Å²) in [5, 5.41) is 8.05. The fourth-order valence-electron chi connectivity index (χ4n) is 2.90. The molecule has 1 N–H and O–H groups in total. The average Bonchev–Trinajstić information content (AvgIpc) is 3.17. The van der Waals surface area contributed by atoms with Gasteiger partial charge in [-0.05, 0) is 42.0 Å². The van der Waals surface area contributed by atoms with Crippen molar-refractivity contribution in [1.82, 2.24) is 4.98 Å². The lowest BCUT2D eigenvalue weighted by molar-refractivity contribution is 0.102. The van der Waals surface area contributed by atoms with Crippen LogP contribution in [0.3, 0.4) is 0 Å². The Kier molecular flexibility index (Phi) is 5.28. The third-order valence-electron chi connectivity index (χ3n) is 4.26. The van der Waals surface area contributed by atoms with Crippen molar-refractivity contribution in [1.29, 1.82) is 0 Å². The van der Waals surface area contributed by atoms with Crippen molar-refractivity contribution in [2.24, 2.45) is 0 Å². The molecular formula is C22H17ClN2O2S. The van der Waals surface area contributed by atoms with Crippen molar-refractivity contribution >= 4 is 44.7 Å². The Bertz CT molecular complexity index is 1160. The number of carbonyl (C=O) groups is 1. The van der Waals surface area contributed by atoms with E-state index in [0.717, 1.165) is 16.6 Å². The van der Waals surface area contributed by atoms with Gasteiger partial charge in [-0.3, -0.25) is 10.1 Å². The first-order chi connectivity index (χ1) is 13.6. The Morgan fingerprint density at radius 3 is 2.71 bits per heavy atom. The summed E-state index contributed by atoms with van der Waals surface area (Å²) in [5.41, 5.74) is 2.30. The van der Waals surface area contributed by atoms with E-state index in [0.29, 0.717) is 28.1 Å². The lowest BCUT2D eigenvalue weighted by Gasteiger charge is -2.07. The van der Waals surface area contributed by atoms with Gasteiger partial charge in [0.25, 0.3) is 5.91 Å². The van der Waals surface area contributed by atoms with Crippen molar-refractivity contribution in [3.05, 3.63) is 76.6 Å². The van der Waals surface area contributed by atoms with Gasteiger partial charge in [-0.15, -0.1) is 11.3 Å². The van der Waals surface area contributed by atoms with Crippen LogP contribution in [-0.2, 0) is 0 Å². The summed E-state index contributed by atoms with van der Waals surface area (Å²) in [4.78, 5) is 17.1. The van der Waals surface area contributed by atoms with Gasteiger partial charge in [-0.2, -0.15) is 0 Å². The van der Waals surface area contributed by atoms with E-state index in [2.05, 4.69) is 34.6 Å². The Morgan fingerprint density at radius 2 is 1.93 bits per heavy atom. The van der Waals surface area contributed by atoms with Crippen LogP contribution in [0.25, 0.3) is 22.0 Å². The first kappa shape index (κ1) is 18.5. The number of benzene rings is 3. The predicted octanol–water partition coefficient (Wildman–Crippen LogP) is 6.27. The number of carbonyl (C=O) groups excluding carboxylic acids is 1. The summed E-state index contributed by atoms with van der Waals surface area (Å²) in [6, 6.07) is 19.4. The molecule has 1 aromatic heterocycles. The lowest BCUT2D eigenvalue weighted by atomic mass is 10.1. The van der Waals surface area contributed by atoms with E-state index < -0.39 is 0 Å². The fourth-order valence-corrected chi connectivity index (χ4v) is 3.85. The average molecular weight is 409 g/mol. The number of amides is 1. The second-order valence-corrected chi connectivity index (χ2v) is 7.40. The molecule has 4 rings (SSSR count). The highest BCUT2D eigenvalue weighted by Crippen LogP contribution is 2.29. The van der Waals surface area contributed by atoms with Gasteiger partial charge in [-0.1, -0.05) is 48.0 Å². The van der Waals surface area contributed by atoms with Crippen LogP contribution in [0, 0.1) is 0 Å². The van der Waals surface area contributed by atoms with E-state index in [-0.39, 0.29) is 5.91 Å². The number of nitrogens with zero attached hydrogens (tertiary/aromatic N) is 1. The number of ether oxygens (including phenoxy) is 1. The minimum absolute atomic E-state index is 0.260. The van der Waals surface area contributed by atoms with E-state index >= 15 is 0 Å². The largest absolute Gasteiger partial charge is 0.492 e. The highest BCUT2D eigenvalue weighted by Gasteiger charge is 2.12. The number of hydrogen-bond donors (Lipinski definition) is 1. The van der Waals surface area contributed by atoms with Crippen LogP contribution >= 0.6 is 22.9 Å². The predicted molar refractivity (Wildman–Crippen MR) is 116 cm³/mol. The first-order valence-electron chi connectivity index (χ1n) is 8.82. The third kappa shape index (κ3) is 3.86. The number of nitrogens with one attached hydrogen (secondary N) is 1. The number of halogens is 1. The molecule has 6 heteroatoms. The summed E-state index contributed by atoms with van der Waals surface area (Å²) in [6.07, 6.45) is 0. The monoisotopic (exact) mass is 408 g/mol. The fraction of sp³-hybridized carbons (Fsp3) is 0.0909. The Balaban J connectivity index is 1.52. The van der Waals surface area contributed by atoms with Crippen molar-refractivity contribution in [3.63, 3.8) is 0 Å². The lowest BCUT2D eigenvalue weighted by Crippen LogP contribution is -2.11. The zero-order chi connectivity index (χ0) is 19.5. The normalized spacial score (nSPS) is 10.8. The number of rotatable bonds is 5. The van der Waals surface area contributed by atoms with Crippen molar-refractivity contribution < 1.29 is 9.53 Å². The maximum atomic E-state index is 12.5. The quantitative estimate of drug-likeness (QED) is 0.423. The molecule has 1 amide bonds. The van der Waals surface area contributed by atoms with E-state index in [9.17, 15) is 4.79 Å². The summed E-state index contributed by atoms with van der Waals surface area (Å²) < 4.78 is 5.40. The van der Waals surface area contributed by atoms with E-state index in [1.54, 1.807) is 18.2 Å². The summed E-state index contributed by atoms with van der Waals surface area (Å²) in [7, 11) is 0. The van der Waals surface area contributed by atoms with Crippen LogP contribution in [0.5, 0.6) is 5.75 Å². The molecular weight excluding hydrogens is 392 g/mol.